The van der Waals surface area contributed by atoms with Crippen molar-refractivity contribution in [1.82, 2.24) is 25.0 Å². The van der Waals surface area contributed by atoms with Crippen molar-refractivity contribution in [2.75, 3.05) is 37.6 Å². The van der Waals surface area contributed by atoms with Gasteiger partial charge in [0.1, 0.15) is 23.5 Å². The minimum Gasteiger partial charge on any atom is -0.444 e. The maximum Gasteiger partial charge on any atom is 0.410 e. The Hall–Kier alpha value is -3.50. The monoisotopic (exact) mass is 528 g/mol. The van der Waals surface area contributed by atoms with E-state index in [9.17, 15) is 14.0 Å². The van der Waals surface area contributed by atoms with Crippen LogP contribution in [0.4, 0.5) is 15.0 Å². The molecule has 0 unspecified atom stereocenters. The number of carbonyl (C=O) groups is 2. The van der Waals surface area contributed by atoms with E-state index in [4.69, 9.17) is 9.47 Å². The smallest absolute Gasteiger partial charge is 0.410 e. The molecule has 38 heavy (non-hydrogen) atoms. The van der Waals surface area contributed by atoms with Gasteiger partial charge in [-0.15, -0.1) is 10.2 Å². The first kappa shape index (κ1) is 27.5. The van der Waals surface area contributed by atoms with Crippen molar-refractivity contribution in [3.8, 4) is 11.6 Å². The Morgan fingerprint density at radius 3 is 2.47 bits per heavy atom. The van der Waals surface area contributed by atoms with Crippen LogP contribution in [0.5, 0.6) is 11.6 Å². The van der Waals surface area contributed by atoms with Gasteiger partial charge in [-0.3, -0.25) is 4.79 Å². The van der Waals surface area contributed by atoms with Crippen LogP contribution in [0.15, 0.2) is 24.5 Å². The third-order valence-corrected chi connectivity index (χ3v) is 7.00. The second kappa shape index (κ2) is 10.7. The van der Waals surface area contributed by atoms with Gasteiger partial charge in [0.05, 0.1) is 5.56 Å². The van der Waals surface area contributed by atoms with E-state index in [1.807, 2.05) is 41.5 Å². The summed E-state index contributed by atoms with van der Waals surface area (Å²) in [6.07, 6.45) is 2.79. The first-order valence-corrected chi connectivity index (χ1v) is 13.1. The van der Waals surface area contributed by atoms with Crippen LogP contribution in [0.1, 0.15) is 64.7 Å². The molecule has 11 heteroatoms. The van der Waals surface area contributed by atoms with Crippen molar-refractivity contribution < 1.29 is 23.5 Å². The summed E-state index contributed by atoms with van der Waals surface area (Å²) >= 11 is 0. The Labute approximate surface area is 223 Å². The predicted molar refractivity (Wildman–Crippen MR) is 140 cm³/mol. The zero-order chi connectivity index (χ0) is 27.7. The van der Waals surface area contributed by atoms with Crippen LogP contribution in [0.2, 0.25) is 0 Å². The van der Waals surface area contributed by atoms with E-state index in [1.54, 1.807) is 9.80 Å². The van der Waals surface area contributed by atoms with Gasteiger partial charge in [-0.2, -0.15) is 0 Å². The van der Waals surface area contributed by atoms with E-state index in [1.165, 1.54) is 24.5 Å². The molecule has 10 nitrogen and oxygen atoms in total. The van der Waals surface area contributed by atoms with Crippen molar-refractivity contribution >= 4 is 17.8 Å². The van der Waals surface area contributed by atoms with Crippen molar-refractivity contribution in [1.29, 1.82) is 0 Å². The molecule has 0 aliphatic carbocycles. The number of nitrogens with zero attached hydrogens (tertiary/aromatic N) is 6. The Morgan fingerprint density at radius 1 is 1.18 bits per heavy atom. The molecule has 2 saturated heterocycles. The van der Waals surface area contributed by atoms with Gasteiger partial charge in [0.15, 0.2) is 5.82 Å². The average Bonchev–Trinajstić information content (AvgIpc) is 2.83. The summed E-state index contributed by atoms with van der Waals surface area (Å²) in [4.78, 5) is 35.5. The zero-order valence-electron chi connectivity index (χ0n) is 23.0. The summed E-state index contributed by atoms with van der Waals surface area (Å²) < 4.78 is 25.7. The summed E-state index contributed by atoms with van der Waals surface area (Å²) in [5, 5.41) is 8.01. The summed E-state index contributed by atoms with van der Waals surface area (Å²) in [7, 11) is 0. The van der Waals surface area contributed by atoms with Gasteiger partial charge < -0.3 is 24.2 Å². The highest BCUT2D eigenvalue weighted by Crippen LogP contribution is 2.44. The summed E-state index contributed by atoms with van der Waals surface area (Å²) in [6, 6.07) is 3.80. The van der Waals surface area contributed by atoms with E-state index in [0.29, 0.717) is 25.5 Å². The Bertz CT molecular complexity index is 1170. The van der Waals surface area contributed by atoms with Gasteiger partial charge in [-0.1, -0.05) is 0 Å². The third kappa shape index (κ3) is 5.97. The van der Waals surface area contributed by atoms with Crippen molar-refractivity contribution in [2.45, 2.75) is 66.0 Å². The molecular formula is C27H37FN6O4. The zero-order valence-corrected chi connectivity index (χ0v) is 23.0. The van der Waals surface area contributed by atoms with Crippen LogP contribution >= 0.6 is 0 Å². The molecule has 2 aromatic rings. The summed E-state index contributed by atoms with van der Waals surface area (Å²) in [5.41, 5.74) is -0.336. The van der Waals surface area contributed by atoms with Crippen LogP contribution in [-0.4, -0.2) is 81.3 Å². The molecule has 2 amide bonds. The highest BCUT2D eigenvalue weighted by atomic mass is 19.1. The van der Waals surface area contributed by atoms with Gasteiger partial charge >= 0.3 is 6.09 Å². The minimum absolute atomic E-state index is 0.0589. The lowest BCUT2D eigenvalue weighted by Crippen LogP contribution is -2.61. The molecule has 1 spiro atoms. The van der Waals surface area contributed by atoms with E-state index in [2.05, 4.69) is 20.1 Å². The number of piperidine rings is 1. The standard InChI is InChI=1S/C27H37FN6O4/c1-7-34(18(2)3)24(35)20-14-19(28)8-9-21(20)37-23-22(29-17-30-31-23)33-15-27(16-33)10-12-32(13-11-27)25(36)38-26(4,5)6/h8-9,14,17-18H,7,10-13,15-16H2,1-6H3. The molecule has 3 heterocycles. The quantitative estimate of drug-likeness (QED) is 0.540. The molecule has 0 atom stereocenters. The van der Waals surface area contributed by atoms with Gasteiger partial charge in [-0.05, 0) is 72.6 Å². The Balaban J connectivity index is 1.46. The highest BCUT2D eigenvalue weighted by Gasteiger charge is 2.47. The lowest BCUT2D eigenvalue weighted by Gasteiger charge is -2.54. The first-order chi connectivity index (χ1) is 17.9. The minimum atomic E-state index is -0.527. The number of hydrogen-bond acceptors (Lipinski definition) is 8. The summed E-state index contributed by atoms with van der Waals surface area (Å²) in [6.45, 7) is 14.5. The van der Waals surface area contributed by atoms with Crippen LogP contribution < -0.4 is 9.64 Å². The number of amides is 2. The number of ether oxygens (including phenoxy) is 2. The second-order valence-corrected chi connectivity index (χ2v) is 11.3. The number of hydrogen-bond donors (Lipinski definition) is 0. The first-order valence-electron chi connectivity index (χ1n) is 13.1. The number of carbonyl (C=O) groups excluding carboxylic acids is 2. The molecule has 206 valence electrons. The van der Waals surface area contributed by atoms with Crippen molar-refractivity contribution in [3.63, 3.8) is 0 Å². The number of aromatic nitrogens is 3. The largest absolute Gasteiger partial charge is 0.444 e. The van der Waals surface area contributed by atoms with Crippen molar-refractivity contribution in [3.05, 3.63) is 35.9 Å². The lowest BCUT2D eigenvalue weighted by molar-refractivity contribution is 0.00585. The fourth-order valence-corrected chi connectivity index (χ4v) is 5.02. The van der Waals surface area contributed by atoms with E-state index in [0.717, 1.165) is 25.9 Å². The SMILES string of the molecule is CCN(C(=O)c1cc(F)ccc1Oc1nncnc1N1CC2(CCN(C(=O)OC(C)(C)C)CC2)C1)C(C)C. The van der Waals surface area contributed by atoms with E-state index < -0.39 is 11.4 Å². The molecule has 0 N–H and O–H groups in total. The fraction of sp³-hybridized carbons (Fsp3) is 0.593. The van der Waals surface area contributed by atoms with Gasteiger partial charge in [-0.25, -0.2) is 14.2 Å². The number of likely N-dealkylation sites (tertiary alicyclic amines) is 1. The number of anilines is 1. The molecule has 2 aliphatic heterocycles. The molecular weight excluding hydrogens is 491 g/mol. The molecule has 0 bridgehead atoms. The summed E-state index contributed by atoms with van der Waals surface area (Å²) in [5.74, 6) is 0.0105. The Morgan fingerprint density at radius 2 is 1.87 bits per heavy atom. The third-order valence-electron chi connectivity index (χ3n) is 7.00. The number of rotatable bonds is 6. The second-order valence-electron chi connectivity index (χ2n) is 11.3. The Kier molecular flexibility index (Phi) is 7.75. The molecule has 2 fully saturated rings. The molecule has 1 aromatic carbocycles. The van der Waals surface area contributed by atoms with E-state index >= 15 is 0 Å². The van der Waals surface area contributed by atoms with E-state index in [-0.39, 0.29) is 40.7 Å². The average molecular weight is 529 g/mol. The lowest BCUT2D eigenvalue weighted by atomic mass is 9.72. The van der Waals surface area contributed by atoms with Crippen LogP contribution in [-0.2, 0) is 4.74 Å². The predicted octanol–water partition coefficient (Wildman–Crippen LogP) is 4.51. The van der Waals surface area contributed by atoms with Gasteiger partial charge in [0.25, 0.3) is 11.8 Å². The van der Waals surface area contributed by atoms with Gasteiger partial charge in [0, 0.05) is 44.2 Å². The topological polar surface area (TPSA) is 101 Å². The molecule has 0 radical (unpaired) electrons. The van der Waals surface area contributed by atoms with Crippen LogP contribution in [0, 0.1) is 11.2 Å². The molecule has 1 aromatic heterocycles. The van der Waals surface area contributed by atoms with Crippen LogP contribution in [0.3, 0.4) is 0 Å². The van der Waals surface area contributed by atoms with Crippen molar-refractivity contribution in [2.24, 2.45) is 5.41 Å². The number of benzene rings is 1. The maximum atomic E-state index is 14.1. The molecule has 2 aliphatic rings. The van der Waals surface area contributed by atoms with Gasteiger partial charge in [0.2, 0.25) is 0 Å². The number of halogens is 1. The normalized spacial score (nSPS) is 16.8. The highest BCUT2D eigenvalue weighted by molar-refractivity contribution is 5.97. The molecule has 4 rings (SSSR count). The molecule has 0 saturated carbocycles. The van der Waals surface area contributed by atoms with Crippen LogP contribution in [0.25, 0.3) is 0 Å². The maximum absolute atomic E-state index is 14.1. The fourth-order valence-electron chi connectivity index (χ4n) is 5.02.